The van der Waals surface area contributed by atoms with E-state index in [-0.39, 0.29) is 53.0 Å². The summed E-state index contributed by atoms with van der Waals surface area (Å²) in [6, 6.07) is 9.05. The topological polar surface area (TPSA) is 360 Å². The van der Waals surface area contributed by atoms with Gasteiger partial charge in [0, 0.05) is 58.1 Å². The van der Waals surface area contributed by atoms with Crippen molar-refractivity contribution in [2.75, 3.05) is 25.6 Å². The number of thiazole rings is 6. The van der Waals surface area contributed by atoms with Crippen LogP contribution in [-0.4, -0.2) is 124 Å². The van der Waals surface area contributed by atoms with Gasteiger partial charge in [0.1, 0.15) is 82.2 Å². The van der Waals surface area contributed by atoms with Gasteiger partial charge in [-0.3, -0.25) is 43.3 Å². The number of aliphatic hydroxyl groups excluding tert-OH is 1. The van der Waals surface area contributed by atoms with Crippen LogP contribution in [0.25, 0.3) is 43.4 Å². The van der Waals surface area contributed by atoms with Crippen molar-refractivity contribution in [3.05, 3.63) is 111 Å². The molecule has 10 bridgehead atoms. The van der Waals surface area contributed by atoms with E-state index in [0.29, 0.717) is 126 Å². The van der Waals surface area contributed by atoms with Crippen LogP contribution >= 0.6 is 68.0 Å². The van der Waals surface area contributed by atoms with E-state index >= 15 is 0 Å². The van der Waals surface area contributed by atoms with Crippen LogP contribution in [0.3, 0.4) is 0 Å². The van der Waals surface area contributed by atoms with Crippen LogP contribution in [-0.2, 0) is 35.3 Å². The van der Waals surface area contributed by atoms with Gasteiger partial charge in [-0.15, -0.1) is 68.0 Å². The number of rotatable bonds is 13. The number of amides is 6. The van der Waals surface area contributed by atoms with E-state index in [9.17, 15) is 53.7 Å². The second-order valence-electron chi connectivity index (χ2n) is 23.1. The van der Waals surface area contributed by atoms with Crippen molar-refractivity contribution < 1.29 is 58.4 Å². The number of hydrogen-bond acceptors (Lipinski definition) is 23. The molecular weight excluding hydrogens is 1310 g/mol. The zero-order chi connectivity index (χ0) is 65.8. The first kappa shape index (κ1) is 66.3. The van der Waals surface area contributed by atoms with Gasteiger partial charge in [0.05, 0.1) is 54.1 Å². The molecule has 11 rings (SSSR count). The zero-order valence-electron chi connectivity index (χ0n) is 50.9. The van der Waals surface area contributed by atoms with Gasteiger partial charge in [0.15, 0.2) is 0 Å². The molecule has 3 aliphatic rings. The third-order valence-corrected chi connectivity index (χ3v) is 22.3. The van der Waals surface area contributed by atoms with Crippen molar-refractivity contribution in [3.8, 4) is 43.4 Å². The van der Waals surface area contributed by atoms with Crippen molar-refractivity contribution in [2.45, 2.75) is 115 Å². The number of benzene rings is 1. The number of carbonyl (C=O) groups excluding carboxylic acids is 6. The van der Waals surface area contributed by atoms with Crippen LogP contribution in [0.15, 0.2) is 64.0 Å². The minimum atomic E-state index is -1.30. The SMILES string of the molecule is CNC(=O)C[C@@H]1NC(=O)c2csc(n2)-c2ccc(-c3nc(N(C(=O)C4CCC(C(=O)O)CC4)C4CCC(C(=O)O)CC4)cs3)nc2-c2csc(n2)-c2csc(n2)[C@H]([C@@H](O)c2ccccc2)NC(=O)CNC(=O)c2nc(sc2COC)[C@H](C(C)C)NC(=O)c2nc1sc2C. The van der Waals surface area contributed by atoms with Gasteiger partial charge in [-0.1, -0.05) is 44.2 Å². The second kappa shape index (κ2) is 29.0. The molecule has 2 saturated carbocycles. The molecule has 7 aromatic heterocycles. The maximum absolute atomic E-state index is 14.7. The fourth-order valence-electron chi connectivity index (χ4n) is 11.5. The van der Waals surface area contributed by atoms with E-state index in [2.05, 4.69) is 26.6 Å². The molecule has 6 amide bonds. The summed E-state index contributed by atoms with van der Waals surface area (Å²) in [5.41, 5.74) is 2.51. The number of aryl methyl sites for hydroxylation is 1. The maximum Gasteiger partial charge on any atom is 0.306 e. The summed E-state index contributed by atoms with van der Waals surface area (Å²) in [5, 5.41) is 54.9. The molecule has 93 heavy (non-hydrogen) atoms. The van der Waals surface area contributed by atoms with Gasteiger partial charge < -0.3 is 46.6 Å². The van der Waals surface area contributed by atoms with Gasteiger partial charge in [-0.05, 0) is 81.9 Å². The largest absolute Gasteiger partial charge is 0.481 e. The average molecular weight is 1380 g/mol. The third-order valence-electron chi connectivity index (χ3n) is 16.6. The molecule has 8 aromatic rings. The highest BCUT2D eigenvalue weighted by atomic mass is 32.1. The molecule has 0 radical (unpaired) electrons. The molecule has 8 N–H and O–H groups in total. The molecule has 486 valence electrons. The van der Waals surface area contributed by atoms with Crippen molar-refractivity contribution >= 4 is 121 Å². The lowest BCUT2D eigenvalue weighted by Gasteiger charge is -2.37. The number of pyridine rings is 1. The van der Waals surface area contributed by atoms with Crippen molar-refractivity contribution in [2.24, 2.45) is 23.7 Å². The first-order valence-electron chi connectivity index (χ1n) is 30.0. The number of carbonyl (C=O) groups is 8. The fraction of sp³-hybridized carbons (Fsp3) is 0.403. The molecule has 8 heterocycles. The van der Waals surface area contributed by atoms with E-state index in [1.165, 1.54) is 48.2 Å². The zero-order valence-corrected chi connectivity index (χ0v) is 55.8. The summed E-state index contributed by atoms with van der Waals surface area (Å²) in [5.74, 6) is -6.34. The Bertz CT molecular complexity index is 4110. The lowest BCUT2D eigenvalue weighted by atomic mass is 9.80. The first-order chi connectivity index (χ1) is 44.7. The fourth-order valence-corrected chi connectivity index (χ4v) is 17.1. The number of aliphatic hydroxyl groups is 1. The number of ether oxygens (including phenoxy) is 1. The van der Waals surface area contributed by atoms with Crippen LogP contribution < -0.4 is 31.5 Å². The lowest BCUT2D eigenvalue weighted by molar-refractivity contribution is -0.144. The first-order valence-corrected chi connectivity index (χ1v) is 35.1. The number of fused-ring (bicyclic) bond motifs is 14. The normalized spacial score (nSPS) is 21.0. The molecule has 0 unspecified atom stereocenters. The molecule has 25 nitrogen and oxygen atoms in total. The number of aromatic nitrogens is 7. The van der Waals surface area contributed by atoms with Crippen LogP contribution in [0, 0.1) is 30.6 Å². The number of aliphatic carboxylic acids is 2. The predicted octanol–water partition coefficient (Wildman–Crippen LogP) is 9.18. The Morgan fingerprint density at radius 3 is 1.98 bits per heavy atom. The lowest BCUT2D eigenvalue weighted by Crippen LogP contribution is -2.47. The molecule has 2 aliphatic carbocycles. The highest BCUT2D eigenvalue weighted by Crippen LogP contribution is 2.42. The van der Waals surface area contributed by atoms with E-state index in [1.807, 2.05) is 13.8 Å². The van der Waals surface area contributed by atoms with E-state index < -0.39 is 90.0 Å². The van der Waals surface area contributed by atoms with E-state index in [0.717, 1.165) is 34.0 Å². The second-order valence-corrected chi connectivity index (χ2v) is 28.9. The predicted molar refractivity (Wildman–Crippen MR) is 351 cm³/mol. The molecule has 1 aliphatic heterocycles. The molecule has 0 saturated heterocycles. The average Bonchev–Trinajstić information content (AvgIpc) is 1.88. The smallest absolute Gasteiger partial charge is 0.306 e. The summed E-state index contributed by atoms with van der Waals surface area (Å²) in [6.07, 6.45) is 1.57. The van der Waals surface area contributed by atoms with Gasteiger partial charge in [-0.2, -0.15) is 0 Å². The molecule has 31 heteroatoms. The van der Waals surface area contributed by atoms with Crippen LogP contribution in [0.1, 0.15) is 158 Å². The Balaban J connectivity index is 0.985. The summed E-state index contributed by atoms with van der Waals surface area (Å²) >= 11 is 7.13. The summed E-state index contributed by atoms with van der Waals surface area (Å²) in [7, 11) is 2.93. The van der Waals surface area contributed by atoms with Crippen LogP contribution in [0.4, 0.5) is 5.82 Å². The van der Waals surface area contributed by atoms with Gasteiger partial charge in [-0.25, -0.2) is 34.9 Å². The highest BCUT2D eigenvalue weighted by Gasteiger charge is 2.40. The Morgan fingerprint density at radius 1 is 0.634 bits per heavy atom. The Morgan fingerprint density at radius 2 is 1.28 bits per heavy atom. The number of carboxylic acid groups (broad SMARTS) is 2. The number of methoxy groups -OCH3 is 1. The van der Waals surface area contributed by atoms with E-state index in [1.54, 1.807) is 75.8 Å². The summed E-state index contributed by atoms with van der Waals surface area (Å²) in [4.78, 5) is 146. The number of carboxylic acids is 2. The highest BCUT2D eigenvalue weighted by molar-refractivity contribution is 7.15. The van der Waals surface area contributed by atoms with Gasteiger partial charge in [0.25, 0.3) is 17.7 Å². The van der Waals surface area contributed by atoms with Crippen molar-refractivity contribution in [1.29, 1.82) is 0 Å². The number of nitrogens with one attached hydrogen (secondary N) is 5. The molecule has 4 atom stereocenters. The quantitative estimate of drug-likeness (QED) is 0.0533. The Labute approximate surface area is 557 Å². The molecule has 0 spiro atoms. The van der Waals surface area contributed by atoms with Crippen molar-refractivity contribution in [3.63, 3.8) is 0 Å². The minimum absolute atomic E-state index is 0.00251. The standard InChI is InChI=1S/C62H65N13O12S6/c1-28(2)45-59-74-48(41(93-59)23-87-5)52(80)64-22-44(77)71-49(50(78)30-9-7-6-8-10-30)58-69-40(26-90-58)56-67-38(24-89-56)47-35(54-68-39(25-88-54)51(79)66-37(21-43(76)63-4)57-73-46(29(3)92-57)53(81)72-45)19-20-36(65-47)55-70-42(27-91-55)75(34-17-15-33(16-18-34)62(85)86)60(82)31-11-13-32(14-12-31)61(83)84/h6-10,19-20,24-28,31-34,37,45,49-50,78H,11-18,21-23H2,1-5H3,(H,63,76)(H,64,80)(H,66,79)(H,71,77)(H,72,81)(H,83,84)(H,85,86)/t31?,32?,33?,34?,37-,45-,49-,50-/m0/s1. The Hall–Kier alpha value is -8.17. The number of anilines is 1. The molecular formula is C62H65N13O12S6. The molecule has 1 aromatic carbocycles. The molecule has 2 fully saturated rings. The Kier molecular flexibility index (Phi) is 20.7. The number of nitrogens with zero attached hydrogens (tertiary/aromatic N) is 8. The van der Waals surface area contributed by atoms with Crippen LogP contribution in [0.2, 0.25) is 0 Å². The maximum atomic E-state index is 14.7. The minimum Gasteiger partial charge on any atom is -0.481 e. The monoisotopic (exact) mass is 1380 g/mol. The van der Waals surface area contributed by atoms with Gasteiger partial charge >= 0.3 is 11.9 Å². The van der Waals surface area contributed by atoms with Crippen LogP contribution in [0.5, 0.6) is 0 Å². The van der Waals surface area contributed by atoms with Crippen molar-refractivity contribution in [1.82, 2.24) is 61.5 Å². The van der Waals surface area contributed by atoms with Gasteiger partial charge in [0.2, 0.25) is 17.7 Å². The summed E-state index contributed by atoms with van der Waals surface area (Å²) in [6.45, 7) is 4.91. The third kappa shape index (κ3) is 14.8. The summed E-state index contributed by atoms with van der Waals surface area (Å²) < 4.78 is 5.46. The number of hydrogen-bond donors (Lipinski definition) is 8. The van der Waals surface area contributed by atoms with E-state index in [4.69, 9.17) is 39.6 Å².